The van der Waals surface area contributed by atoms with Gasteiger partial charge in [-0.3, -0.25) is 14.6 Å². The fraction of sp³-hybridized carbons (Fsp3) is 0.188. The van der Waals surface area contributed by atoms with E-state index in [0.717, 1.165) is 11.3 Å². The van der Waals surface area contributed by atoms with Crippen molar-refractivity contribution in [2.24, 2.45) is 7.05 Å². The maximum Gasteiger partial charge on any atom is 0.271 e. The Labute approximate surface area is 149 Å². The lowest BCUT2D eigenvalue weighted by atomic mass is 10.1. The molecule has 0 aliphatic carbocycles. The summed E-state index contributed by atoms with van der Waals surface area (Å²) in [6.07, 6.45) is 1.70. The number of amides is 1. The lowest BCUT2D eigenvalue weighted by Crippen LogP contribution is -2.27. The van der Waals surface area contributed by atoms with Crippen molar-refractivity contribution < 1.29 is 4.79 Å². The van der Waals surface area contributed by atoms with E-state index >= 15 is 0 Å². The molecule has 0 spiro atoms. The summed E-state index contributed by atoms with van der Waals surface area (Å²) in [5.74, 6) is -0.157. The van der Waals surface area contributed by atoms with E-state index in [1.165, 1.54) is 0 Å². The fourth-order valence-corrected chi connectivity index (χ4v) is 2.61. The van der Waals surface area contributed by atoms with Crippen LogP contribution in [0, 0.1) is 0 Å². The van der Waals surface area contributed by atoms with Crippen molar-refractivity contribution in [2.45, 2.75) is 6.54 Å². The molecular formula is C16H15Cl2N5O. The Morgan fingerprint density at radius 3 is 2.71 bits per heavy atom. The van der Waals surface area contributed by atoms with Gasteiger partial charge in [-0.2, -0.15) is 10.2 Å². The molecule has 0 atom stereocenters. The van der Waals surface area contributed by atoms with Crippen LogP contribution in [0.4, 0.5) is 0 Å². The van der Waals surface area contributed by atoms with E-state index in [4.69, 9.17) is 23.2 Å². The highest BCUT2D eigenvalue weighted by atomic mass is 35.5. The van der Waals surface area contributed by atoms with E-state index in [-0.39, 0.29) is 5.91 Å². The largest absolute Gasteiger partial charge is 0.335 e. The van der Waals surface area contributed by atoms with E-state index in [1.54, 1.807) is 47.1 Å². The van der Waals surface area contributed by atoms with Crippen LogP contribution in [0.15, 0.2) is 36.5 Å². The van der Waals surface area contributed by atoms with Gasteiger partial charge in [0.15, 0.2) is 0 Å². The summed E-state index contributed by atoms with van der Waals surface area (Å²) in [7, 11) is 3.57. The summed E-state index contributed by atoms with van der Waals surface area (Å²) < 4.78 is 1.73. The van der Waals surface area contributed by atoms with E-state index in [1.807, 2.05) is 13.1 Å². The third kappa shape index (κ3) is 3.29. The van der Waals surface area contributed by atoms with Crippen molar-refractivity contribution >= 4 is 29.1 Å². The van der Waals surface area contributed by atoms with Crippen molar-refractivity contribution in [2.75, 3.05) is 7.05 Å². The number of hydrogen-bond donors (Lipinski definition) is 1. The zero-order chi connectivity index (χ0) is 17.3. The summed E-state index contributed by atoms with van der Waals surface area (Å²) in [5.41, 5.74) is 2.76. The second-order valence-electron chi connectivity index (χ2n) is 5.40. The molecule has 1 amide bonds. The van der Waals surface area contributed by atoms with Gasteiger partial charge in [0.2, 0.25) is 0 Å². The van der Waals surface area contributed by atoms with Crippen molar-refractivity contribution in [1.29, 1.82) is 0 Å². The van der Waals surface area contributed by atoms with Crippen LogP contribution >= 0.6 is 23.2 Å². The van der Waals surface area contributed by atoms with Crippen molar-refractivity contribution in [3.63, 3.8) is 0 Å². The maximum absolute atomic E-state index is 12.5. The predicted octanol–water partition coefficient (Wildman–Crippen LogP) is 3.39. The van der Waals surface area contributed by atoms with Crippen LogP contribution in [0.25, 0.3) is 11.3 Å². The normalized spacial score (nSPS) is 10.8. The first kappa shape index (κ1) is 16.5. The number of carbonyl (C=O) groups is 1. The quantitative estimate of drug-likeness (QED) is 0.772. The second-order valence-corrected chi connectivity index (χ2v) is 6.22. The summed E-state index contributed by atoms with van der Waals surface area (Å²) in [6.45, 7) is 0.455. The standard InChI is InChI=1S/C16H15Cl2N5O/c1-22(9-11-5-6-19-23(11)2)16(24)15-8-14(20-21-15)10-3-4-12(17)13(18)7-10/h3-8H,9H2,1-2H3,(H,20,21). The highest BCUT2D eigenvalue weighted by Gasteiger charge is 2.17. The number of nitrogens with one attached hydrogen (secondary N) is 1. The minimum absolute atomic E-state index is 0.157. The SMILES string of the molecule is CN(Cc1ccnn1C)C(=O)c1cc(-c2ccc(Cl)c(Cl)c2)n[nH]1. The first-order valence-electron chi connectivity index (χ1n) is 7.19. The number of rotatable bonds is 4. The van der Waals surface area contributed by atoms with Gasteiger partial charge < -0.3 is 4.90 Å². The van der Waals surface area contributed by atoms with Crippen LogP contribution in [-0.4, -0.2) is 37.8 Å². The summed E-state index contributed by atoms with van der Waals surface area (Å²) in [6, 6.07) is 8.79. The number of carbonyl (C=O) groups excluding carboxylic acids is 1. The van der Waals surface area contributed by atoms with Gasteiger partial charge in [0.25, 0.3) is 5.91 Å². The van der Waals surface area contributed by atoms with Crippen molar-refractivity contribution in [3.8, 4) is 11.3 Å². The Balaban J connectivity index is 1.78. The molecule has 8 heteroatoms. The summed E-state index contributed by atoms with van der Waals surface area (Å²) >= 11 is 11.9. The molecule has 0 radical (unpaired) electrons. The van der Waals surface area contributed by atoms with Crippen molar-refractivity contribution in [3.05, 3.63) is 58.0 Å². The maximum atomic E-state index is 12.5. The zero-order valence-corrected chi connectivity index (χ0v) is 14.6. The molecule has 0 saturated carbocycles. The topological polar surface area (TPSA) is 66.8 Å². The molecule has 6 nitrogen and oxygen atoms in total. The van der Waals surface area contributed by atoms with Gasteiger partial charge in [-0.15, -0.1) is 0 Å². The Hall–Kier alpha value is -2.31. The van der Waals surface area contributed by atoms with Gasteiger partial charge in [-0.05, 0) is 24.3 Å². The molecule has 124 valence electrons. The van der Waals surface area contributed by atoms with E-state index in [0.29, 0.717) is 28.0 Å². The lowest BCUT2D eigenvalue weighted by Gasteiger charge is -2.15. The number of aromatic nitrogens is 4. The Morgan fingerprint density at radius 1 is 1.25 bits per heavy atom. The van der Waals surface area contributed by atoms with E-state index < -0.39 is 0 Å². The van der Waals surface area contributed by atoms with E-state index in [9.17, 15) is 4.79 Å². The molecule has 1 aromatic carbocycles. The van der Waals surface area contributed by atoms with Gasteiger partial charge in [0, 0.05) is 25.9 Å². The zero-order valence-electron chi connectivity index (χ0n) is 13.1. The van der Waals surface area contributed by atoms with Gasteiger partial charge in [0.1, 0.15) is 5.69 Å². The minimum Gasteiger partial charge on any atom is -0.335 e. The Bertz CT molecular complexity index is 886. The Morgan fingerprint density at radius 2 is 2.04 bits per heavy atom. The molecule has 2 heterocycles. The summed E-state index contributed by atoms with van der Waals surface area (Å²) in [5, 5.41) is 12.0. The number of halogens is 2. The van der Waals surface area contributed by atoms with Gasteiger partial charge in [-0.1, -0.05) is 29.3 Å². The van der Waals surface area contributed by atoms with Gasteiger partial charge >= 0.3 is 0 Å². The van der Waals surface area contributed by atoms with Gasteiger partial charge in [0.05, 0.1) is 28.0 Å². The molecule has 0 saturated heterocycles. The van der Waals surface area contributed by atoms with Crippen LogP contribution in [-0.2, 0) is 13.6 Å². The first-order chi connectivity index (χ1) is 11.5. The smallest absolute Gasteiger partial charge is 0.271 e. The average Bonchev–Trinajstić information content (AvgIpc) is 3.19. The number of H-pyrrole nitrogens is 1. The molecule has 3 rings (SSSR count). The highest BCUT2D eigenvalue weighted by molar-refractivity contribution is 6.42. The Kier molecular flexibility index (Phi) is 4.59. The van der Waals surface area contributed by atoms with Crippen molar-refractivity contribution in [1.82, 2.24) is 24.9 Å². The van der Waals surface area contributed by atoms with Crippen LogP contribution in [0.3, 0.4) is 0 Å². The molecule has 0 aliphatic heterocycles. The molecule has 0 unspecified atom stereocenters. The molecule has 0 aliphatic rings. The molecule has 0 fully saturated rings. The molecule has 0 bridgehead atoms. The van der Waals surface area contributed by atoms with Crippen LogP contribution in [0.1, 0.15) is 16.2 Å². The highest BCUT2D eigenvalue weighted by Crippen LogP contribution is 2.27. The van der Waals surface area contributed by atoms with Gasteiger partial charge in [-0.25, -0.2) is 0 Å². The monoisotopic (exact) mass is 363 g/mol. The lowest BCUT2D eigenvalue weighted by molar-refractivity contribution is 0.0776. The molecule has 1 N–H and O–H groups in total. The first-order valence-corrected chi connectivity index (χ1v) is 7.94. The third-order valence-corrected chi connectivity index (χ3v) is 4.43. The van der Waals surface area contributed by atoms with Crippen LogP contribution in [0.2, 0.25) is 10.0 Å². The number of aryl methyl sites for hydroxylation is 1. The molecule has 24 heavy (non-hydrogen) atoms. The third-order valence-electron chi connectivity index (χ3n) is 3.69. The number of benzene rings is 1. The predicted molar refractivity (Wildman–Crippen MR) is 93.0 cm³/mol. The molecular weight excluding hydrogens is 349 g/mol. The number of nitrogens with zero attached hydrogens (tertiary/aromatic N) is 4. The second kappa shape index (κ2) is 6.67. The van der Waals surface area contributed by atoms with Crippen LogP contribution < -0.4 is 0 Å². The average molecular weight is 364 g/mol. The summed E-state index contributed by atoms with van der Waals surface area (Å²) in [4.78, 5) is 14.1. The van der Waals surface area contributed by atoms with Crippen LogP contribution in [0.5, 0.6) is 0 Å². The minimum atomic E-state index is -0.157. The number of hydrogen-bond acceptors (Lipinski definition) is 3. The van der Waals surface area contributed by atoms with E-state index in [2.05, 4.69) is 15.3 Å². The molecule has 3 aromatic rings. The molecule has 2 aromatic heterocycles. The fourth-order valence-electron chi connectivity index (χ4n) is 2.31. The number of aromatic amines is 1.